The Balaban J connectivity index is 3.34. The molecule has 0 heterocycles. The smallest absolute Gasteiger partial charge is 0.145 e. The van der Waals surface area contributed by atoms with E-state index in [1.807, 2.05) is 6.55 Å². The maximum Gasteiger partial charge on any atom is 0.255 e. The fraction of sp³-hybridized carbons (Fsp3) is 0.250. The molecule has 0 atom stereocenters. The van der Waals surface area contributed by atoms with Gasteiger partial charge in [-0.05, 0) is 6.55 Å². The number of hydrogen-bond acceptors (Lipinski definition) is 0. The largest absolute Gasteiger partial charge is 0.255 e. The summed E-state index contributed by atoms with van der Waals surface area (Å²) in [5.74, 6) is 0. The second kappa shape index (κ2) is 2.75. The van der Waals surface area contributed by atoms with Gasteiger partial charge in [0.25, 0.3) is 6.69 Å². The number of halogens is 2. The van der Waals surface area contributed by atoms with Gasteiger partial charge in [0.1, 0.15) is 0 Å². The minimum Gasteiger partial charge on any atom is -0.145 e. The number of hydrogen-bond donors (Lipinski definition) is 0. The molecule has 0 amide bonds. The second-order valence-corrected chi connectivity index (χ2v) is 8.90. The van der Waals surface area contributed by atoms with Gasteiger partial charge in [-0.1, -0.05) is 6.08 Å². The van der Waals surface area contributed by atoms with Crippen molar-refractivity contribution >= 4 is 28.9 Å². The highest BCUT2D eigenvalue weighted by molar-refractivity contribution is 7.46. The fourth-order valence-electron chi connectivity index (χ4n) is 0.207. The van der Waals surface area contributed by atoms with E-state index in [1.165, 1.54) is 0 Å². The summed E-state index contributed by atoms with van der Waals surface area (Å²) >= 11 is 11.2. The van der Waals surface area contributed by atoms with Gasteiger partial charge in [0, 0.05) is 6.04 Å². The third-order valence-corrected chi connectivity index (χ3v) is 1.99. The average Bonchev–Trinajstić information content (AvgIpc) is 1.30. The quantitative estimate of drug-likeness (QED) is 0.423. The maximum atomic E-state index is 5.61. The van der Waals surface area contributed by atoms with Crippen molar-refractivity contribution < 1.29 is 0 Å². The molecule has 0 aliphatic rings. The van der Waals surface area contributed by atoms with Gasteiger partial charge >= 0.3 is 0 Å². The molecule has 0 spiro atoms. The summed E-state index contributed by atoms with van der Waals surface area (Å²) in [7, 11) is 0. The molecule has 0 N–H and O–H groups in total. The first-order valence-corrected chi connectivity index (χ1v) is 6.51. The summed E-state index contributed by atoms with van der Waals surface area (Å²) in [5.41, 5.74) is 0. The van der Waals surface area contributed by atoms with Crippen LogP contribution in [0.15, 0.2) is 12.7 Å². The Morgan fingerprint density at radius 2 is 2.00 bits per heavy atom. The normalized spacial score (nSPS) is 11.3. The maximum absolute atomic E-state index is 5.61. The molecule has 0 fully saturated rings. The first-order valence-electron chi connectivity index (χ1n) is 1.91. The zero-order valence-corrected chi connectivity index (χ0v) is 6.63. The van der Waals surface area contributed by atoms with E-state index in [1.54, 1.807) is 12.1 Å². The van der Waals surface area contributed by atoms with Gasteiger partial charge in [-0.25, -0.2) is 0 Å². The Kier molecular flexibility index (Phi) is 2.96. The predicted octanol–water partition coefficient (Wildman–Crippen LogP) is 2.47. The van der Waals surface area contributed by atoms with Crippen LogP contribution in [0.2, 0.25) is 6.55 Å². The van der Waals surface area contributed by atoms with Gasteiger partial charge in [-0.2, -0.15) is 0 Å². The van der Waals surface area contributed by atoms with Crippen LogP contribution in [0.5, 0.6) is 0 Å². The highest BCUT2D eigenvalue weighted by Gasteiger charge is 2.17. The zero-order chi connectivity index (χ0) is 5.91. The van der Waals surface area contributed by atoms with E-state index in [9.17, 15) is 0 Å². The first-order chi connectivity index (χ1) is 3.06. The van der Waals surface area contributed by atoms with Crippen LogP contribution in [0.3, 0.4) is 0 Å². The third kappa shape index (κ3) is 6.54. The van der Waals surface area contributed by atoms with Crippen molar-refractivity contribution in [3.8, 4) is 0 Å². The van der Waals surface area contributed by atoms with Crippen molar-refractivity contribution in [3.63, 3.8) is 0 Å². The lowest BCUT2D eigenvalue weighted by atomic mass is 10.8. The summed E-state index contributed by atoms with van der Waals surface area (Å²) in [6.07, 6.45) is 1.63. The second-order valence-electron chi connectivity index (χ2n) is 1.36. The third-order valence-electron chi connectivity index (χ3n) is 0.411. The molecule has 41 valence electrons. The molecule has 0 aromatic rings. The summed E-state index contributed by atoms with van der Waals surface area (Å²) in [5, 5.41) is 0. The minimum atomic E-state index is -1.96. The van der Waals surface area contributed by atoms with Crippen molar-refractivity contribution in [1.82, 2.24) is 0 Å². The van der Waals surface area contributed by atoms with Crippen LogP contribution in [0.4, 0.5) is 0 Å². The van der Waals surface area contributed by atoms with Gasteiger partial charge in [0.15, 0.2) is 0 Å². The van der Waals surface area contributed by atoms with Crippen LogP contribution in [-0.4, -0.2) is 6.69 Å². The Morgan fingerprint density at radius 1 is 1.57 bits per heavy atom. The van der Waals surface area contributed by atoms with E-state index in [0.29, 0.717) is 0 Å². The van der Waals surface area contributed by atoms with E-state index in [2.05, 4.69) is 6.58 Å². The zero-order valence-electron chi connectivity index (χ0n) is 4.12. The lowest BCUT2D eigenvalue weighted by molar-refractivity contribution is 1.94. The van der Waals surface area contributed by atoms with E-state index in [4.69, 9.17) is 22.2 Å². The van der Waals surface area contributed by atoms with Crippen LogP contribution in [0, 0.1) is 6.04 Å². The lowest BCUT2D eigenvalue weighted by Gasteiger charge is -2.02. The molecule has 0 rings (SSSR count). The van der Waals surface area contributed by atoms with Gasteiger partial charge in [-0.15, -0.1) is 28.7 Å². The SMILES string of the molecule is C=C[CH][Si](C)(Cl)Cl. The Hall–Kier alpha value is 0.537. The molecular weight excluding hydrogens is 147 g/mol. The molecule has 1 radical (unpaired) electrons. The molecule has 0 aliphatic heterocycles. The van der Waals surface area contributed by atoms with Crippen LogP contribution < -0.4 is 0 Å². The van der Waals surface area contributed by atoms with Crippen LogP contribution >= 0.6 is 22.2 Å². The van der Waals surface area contributed by atoms with Gasteiger partial charge in [-0.3, -0.25) is 0 Å². The molecule has 0 aliphatic carbocycles. The average molecular weight is 154 g/mol. The van der Waals surface area contributed by atoms with Crippen LogP contribution in [0.1, 0.15) is 0 Å². The van der Waals surface area contributed by atoms with E-state index in [-0.39, 0.29) is 0 Å². The van der Waals surface area contributed by atoms with Crippen molar-refractivity contribution in [1.29, 1.82) is 0 Å². The molecule has 0 nitrogen and oxygen atoms in total. The summed E-state index contributed by atoms with van der Waals surface area (Å²) in [6.45, 7) is 3.32. The molecule has 0 saturated carbocycles. The molecule has 0 aromatic heterocycles. The van der Waals surface area contributed by atoms with E-state index in [0.717, 1.165) is 0 Å². The van der Waals surface area contributed by atoms with Gasteiger partial charge < -0.3 is 0 Å². The molecule has 0 saturated heterocycles. The van der Waals surface area contributed by atoms with E-state index < -0.39 is 6.69 Å². The number of rotatable bonds is 2. The molecule has 0 unspecified atom stereocenters. The minimum absolute atomic E-state index is 1.63. The summed E-state index contributed by atoms with van der Waals surface area (Å²) in [6, 6.07) is 1.75. The Labute approximate surface area is 54.5 Å². The topological polar surface area (TPSA) is 0 Å². The summed E-state index contributed by atoms with van der Waals surface area (Å²) in [4.78, 5) is 0. The molecular formula is C4H7Cl2Si. The van der Waals surface area contributed by atoms with Crippen LogP contribution in [-0.2, 0) is 0 Å². The van der Waals surface area contributed by atoms with Crippen molar-refractivity contribution in [2.75, 3.05) is 0 Å². The molecule has 3 heteroatoms. The van der Waals surface area contributed by atoms with Gasteiger partial charge in [0.05, 0.1) is 0 Å². The van der Waals surface area contributed by atoms with Gasteiger partial charge in [0.2, 0.25) is 0 Å². The molecule has 7 heavy (non-hydrogen) atoms. The Morgan fingerprint density at radius 3 is 2.00 bits per heavy atom. The van der Waals surface area contributed by atoms with Crippen molar-refractivity contribution in [2.24, 2.45) is 0 Å². The molecule has 0 aromatic carbocycles. The Bertz CT molecular complexity index is 64.6. The highest BCUT2D eigenvalue weighted by atomic mass is 35.7. The van der Waals surface area contributed by atoms with Crippen molar-refractivity contribution in [3.05, 3.63) is 18.7 Å². The standard InChI is InChI=1S/C4H7Cl2Si/c1-3-4-7(2,5)6/h3-4H,1H2,2H3. The summed E-state index contributed by atoms with van der Waals surface area (Å²) < 4.78 is 0. The fourth-order valence-corrected chi connectivity index (χ4v) is 1.16. The lowest BCUT2D eigenvalue weighted by Crippen LogP contribution is -2.11. The first kappa shape index (κ1) is 7.54. The molecule has 0 bridgehead atoms. The van der Waals surface area contributed by atoms with Crippen LogP contribution in [0.25, 0.3) is 0 Å². The number of allylic oxidation sites excluding steroid dienone is 1. The van der Waals surface area contributed by atoms with E-state index >= 15 is 0 Å². The predicted molar refractivity (Wildman–Crippen MR) is 37.8 cm³/mol. The monoisotopic (exact) mass is 153 g/mol. The highest BCUT2D eigenvalue weighted by Crippen LogP contribution is 2.16. The van der Waals surface area contributed by atoms with Crippen molar-refractivity contribution in [2.45, 2.75) is 6.55 Å².